The summed E-state index contributed by atoms with van der Waals surface area (Å²) in [6, 6.07) is 2.29. The van der Waals surface area contributed by atoms with Gasteiger partial charge in [0.25, 0.3) is 0 Å². The van der Waals surface area contributed by atoms with Crippen LogP contribution in [-0.2, 0) is 9.59 Å². The summed E-state index contributed by atoms with van der Waals surface area (Å²) in [6.45, 7) is 11.5. The molecule has 0 radical (unpaired) electrons. The quantitative estimate of drug-likeness (QED) is 0.802. The average molecular weight is 322 g/mol. The van der Waals surface area contributed by atoms with Crippen molar-refractivity contribution in [1.82, 2.24) is 10.2 Å². The van der Waals surface area contributed by atoms with Crippen LogP contribution >= 0.6 is 0 Å². The summed E-state index contributed by atoms with van der Waals surface area (Å²) >= 11 is 0. The van der Waals surface area contributed by atoms with Crippen LogP contribution in [0.3, 0.4) is 0 Å². The van der Waals surface area contributed by atoms with Crippen molar-refractivity contribution >= 4 is 11.8 Å². The fraction of sp³-hybridized carbons (Fsp3) is 0.824. The Bertz CT molecular complexity index is 492. The Balaban J connectivity index is 2.59. The Morgan fingerprint density at radius 2 is 1.74 bits per heavy atom. The number of rotatable bonds is 5. The monoisotopic (exact) mass is 322 g/mol. The number of carbonyl (C=O) groups excluding carboxylic acids is 2. The van der Waals surface area contributed by atoms with Gasteiger partial charge in [0.05, 0.1) is 6.07 Å². The molecule has 0 aliphatic carbocycles. The van der Waals surface area contributed by atoms with E-state index in [9.17, 15) is 14.9 Å². The molecule has 1 aliphatic rings. The molecule has 6 heteroatoms. The molecule has 1 saturated heterocycles. The molecule has 0 aromatic rings. The number of nitriles is 1. The van der Waals surface area contributed by atoms with Crippen LogP contribution in [0.4, 0.5) is 0 Å². The fourth-order valence-corrected chi connectivity index (χ4v) is 2.70. The Morgan fingerprint density at radius 3 is 2.13 bits per heavy atom. The van der Waals surface area contributed by atoms with Gasteiger partial charge in [0, 0.05) is 30.5 Å². The number of likely N-dealkylation sites (tertiary alicyclic amines) is 1. The summed E-state index contributed by atoms with van der Waals surface area (Å²) in [7, 11) is 0. The van der Waals surface area contributed by atoms with Crippen molar-refractivity contribution in [2.24, 2.45) is 11.1 Å². The normalized spacial score (nSPS) is 19.0. The molecule has 1 rings (SSSR count). The lowest BCUT2D eigenvalue weighted by Gasteiger charge is -2.44. The first-order valence-electron chi connectivity index (χ1n) is 8.19. The highest BCUT2D eigenvalue weighted by Crippen LogP contribution is 2.27. The van der Waals surface area contributed by atoms with Gasteiger partial charge in [-0.15, -0.1) is 0 Å². The Labute approximate surface area is 139 Å². The maximum atomic E-state index is 12.2. The highest BCUT2D eigenvalue weighted by atomic mass is 16.2. The third-order valence-corrected chi connectivity index (χ3v) is 4.80. The summed E-state index contributed by atoms with van der Waals surface area (Å²) in [6.07, 6.45) is 1.81. The topological polar surface area (TPSA) is 99.2 Å². The van der Waals surface area contributed by atoms with Gasteiger partial charge < -0.3 is 11.1 Å². The van der Waals surface area contributed by atoms with Crippen molar-refractivity contribution in [2.45, 2.75) is 71.4 Å². The van der Waals surface area contributed by atoms with Gasteiger partial charge in [-0.3, -0.25) is 14.5 Å². The molecular formula is C17H30N4O2. The highest BCUT2D eigenvalue weighted by Gasteiger charge is 2.39. The van der Waals surface area contributed by atoms with Crippen LogP contribution in [0.2, 0.25) is 0 Å². The molecule has 130 valence electrons. The molecule has 3 N–H and O–H groups in total. The van der Waals surface area contributed by atoms with E-state index in [1.54, 1.807) is 13.8 Å². The maximum Gasteiger partial charge on any atom is 0.223 e. The van der Waals surface area contributed by atoms with Crippen LogP contribution in [0.5, 0.6) is 0 Å². The molecule has 0 bridgehead atoms. The second-order valence-corrected chi connectivity index (χ2v) is 8.15. The van der Waals surface area contributed by atoms with E-state index < -0.39 is 16.9 Å². The number of carbonyl (C=O) groups is 2. The van der Waals surface area contributed by atoms with Gasteiger partial charge in [0.2, 0.25) is 11.8 Å². The van der Waals surface area contributed by atoms with Crippen LogP contribution < -0.4 is 11.1 Å². The first kappa shape index (κ1) is 19.4. The van der Waals surface area contributed by atoms with Gasteiger partial charge in [-0.25, -0.2) is 0 Å². The molecule has 1 fully saturated rings. The van der Waals surface area contributed by atoms with E-state index in [-0.39, 0.29) is 17.9 Å². The minimum Gasteiger partial charge on any atom is -0.369 e. The van der Waals surface area contributed by atoms with Gasteiger partial charge in [-0.2, -0.15) is 5.26 Å². The molecule has 0 atom stereocenters. The molecule has 0 spiro atoms. The van der Waals surface area contributed by atoms with E-state index in [0.29, 0.717) is 19.3 Å². The van der Waals surface area contributed by atoms with Gasteiger partial charge >= 0.3 is 0 Å². The van der Waals surface area contributed by atoms with E-state index in [2.05, 4.69) is 37.1 Å². The number of amides is 2. The van der Waals surface area contributed by atoms with Crippen molar-refractivity contribution in [1.29, 1.82) is 5.26 Å². The summed E-state index contributed by atoms with van der Waals surface area (Å²) in [5.74, 6) is -0.608. The van der Waals surface area contributed by atoms with E-state index in [1.165, 1.54) is 0 Å². The molecule has 0 aromatic carbocycles. The third kappa shape index (κ3) is 5.21. The van der Waals surface area contributed by atoms with Gasteiger partial charge in [0.15, 0.2) is 0 Å². The Morgan fingerprint density at radius 1 is 1.22 bits per heavy atom. The molecule has 0 saturated carbocycles. The molecule has 23 heavy (non-hydrogen) atoms. The number of nitrogens with one attached hydrogen (secondary N) is 1. The zero-order chi connectivity index (χ0) is 17.9. The second kappa shape index (κ2) is 6.88. The molecular weight excluding hydrogens is 292 g/mol. The zero-order valence-corrected chi connectivity index (χ0v) is 15.0. The fourth-order valence-electron chi connectivity index (χ4n) is 2.70. The summed E-state index contributed by atoms with van der Waals surface area (Å²) in [5, 5.41) is 12.4. The molecule has 6 nitrogen and oxygen atoms in total. The number of nitrogens with zero attached hydrogens (tertiary/aromatic N) is 2. The van der Waals surface area contributed by atoms with Crippen LogP contribution in [-0.4, -0.2) is 40.9 Å². The largest absolute Gasteiger partial charge is 0.369 e. The molecule has 0 aromatic heterocycles. The van der Waals surface area contributed by atoms with Crippen LogP contribution in [0.25, 0.3) is 0 Å². The molecule has 0 unspecified atom stereocenters. The highest BCUT2D eigenvalue weighted by molar-refractivity contribution is 5.82. The van der Waals surface area contributed by atoms with E-state index >= 15 is 0 Å². The smallest absolute Gasteiger partial charge is 0.223 e. The van der Waals surface area contributed by atoms with E-state index in [4.69, 9.17) is 5.73 Å². The predicted octanol–water partition coefficient (Wildman–Crippen LogP) is 1.55. The standard InChI is InChI=1S/C17H30N4O2/c1-15(2,3)21-10-8-17(12-18,9-11-21)20-13(22)6-7-16(4,5)14(19)23/h6-11H2,1-5H3,(H2,19,23)(H,20,22). The minimum absolute atomic E-state index is 0.0666. The number of nitrogens with two attached hydrogens (primary N) is 1. The number of primary amides is 1. The maximum absolute atomic E-state index is 12.2. The SMILES string of the molecule is CC(C)(CCC(=O)NC1(C#N)CCN(C(C)(C)C)CC1)C(N)=O. The number of hydrogen-bond donors (Lipinski definition) is 2. The Kier molecular flexibility index (Phi) is 5.81. The number of hydrogen-bond acceptors (Lipinski definition) is 4. The van der Waals surface area contributed by atoms with Crippen molar-refractivity contribution < 1.29 is 9.59 Å². The minimum atomic E-state index is -0.796. The molecule has 2 amide bonds. The number of piperidine rings is 1. The molecule has 1 aliphatic heterocycles. The lowest BCUT2D eigenvalue weighted by Crippen LogP contribution is -2.57. The van der Waals surface area contributed by atoms with Crippen LogP contribution in [0, 0.1) is 16.7 Å². The first-order chi connectivity index (χ1) is 10.4. The first-order valence-corrected chi connectivity index (χ1v) is 8.19. The van der Waals surface area contributed by atoms with Gasteiger partial charge in [-0.1, -0.05) is 13.8 Å². The lowest BCUT2D eigenvalue weighted by molar-refractivity contribution is -0.127. The predicted molar refractivity (Wildman–Crippen MR) is 89.3 cm³/mol. The lowest BCUT2D eigenvalue weighted by atomic mass is 9.85. The van der Waals surface area contributed by atoms with Gasteiger partial charge in [-0.05, 0) is 40.0 Å². The van der Waals surface area contributed by atoms with Crippen molar-refractivity contribution in [2.75, 3.05) is 13.1 Å². The average Bonchev–Trinajstić information content (AvgIpc) is 2.44. The van der Waals surface area contributed by atoms with E-state index in [1.807, 2.05) is 0 Å². The van der Waals surface area contributed by atoms with Crippen molar-refractivity contribution in [3.8, 4) is 6.07 Å². The zero-order valence-electron chi connectivity index (χ0n) is 15.0. The van der Waals surface area contributed by atoms with Crippen LogP contribution in [0.1, 0.15) is 60.3 Å². The van der Waals surface area contributed by atoms with Crippen molar-refractivity contribution in [3.05, 3.63) is 0 Å². The summed E-state index contributed by atoms with van der Waals surface area (Å²) < 4.78 is 0. The third-order valence-electron chi connectivity index (χ3n) is 4.80. The second-order valence-electron chi connectivity index (χ2n) is 8.15. The van der Waals surface area contributed by atoms with Gasteiger partial charge in [0.1, 0.15) is 5.54 Å². The summed E-state index contributed by atoms with van der Waals surface area (Å²) in [4.78, 5) is 25.8. The summed E-state index contributed by atoms with van der Waals surface area (Å²) in [5.41, 5.74) is 3.88. The van der Waals surface area contributed by atoms with E-state index in [0.717, 1.165) is 13.1 Å². The van der Waals surface area contributed by atoms with Crippen LogP contribution in [0.15, 0.2) is 0 Å². The van der Waals surface area contributed by atoms with Crippen molar-refractivity contribution in [3.63, 3.8) is 0 Å². The Hall–Kier alpha value is -1.61. The molecule has 1 heterocycles.